The molecule has 0 aromatic heterocycles. The summed E-state index contributed by atoms with van der Waals surface area (Å²) in [6.45, 7) is 9.38. The molecule has 0 bridgehead atoms. The molecule has 3 unspecified atom stereocenters. The molecule has 6 nitrogen and oxygen atoms in total. The second-order valence-electron chi connectivity index (χ2n) is 6.93. The maximum Gasteiger partial charge on any atom is 0.0762 e. The fraction of sp³-hybridized carbons (Fsp3) is 1.00. The predicted octanol–water partition coefficient (Wildman–Crippen LogP) is -0.0865. The van der Waals surface area contributed by atoms with Crippen molar-refractivity contribution in [3.8, 4) is 0 Å². The highest BCUT2D eigenvalue weighted by atomic mass is 16.3. The minimum absolute atomic E-state index is 0.0246. The normalized spacial score (nSPS) is 19.9. The summed E-state index contributed by atoms with van der Waals surface area (Å²) in [4.78, 5) is 0. The summed E-state index contributed by atoms with van der Waals surface area (Å²) in [6, 6.07) is 0. The SMILES string of the molecule is CCCC(C)(CO)NC(N)C(CC)(CO)NC(C)(C)CO. The summed E-state index contributed by atoms with van der Waals surface area (Å²) in [7, 11) is 0. The van der Waals surface area contributed by atoms with Crippen molar-refractivity contribution in [1.82, 2.24) is 10.6 Å². The Labute approximate surface area is 129 Å². The van der Waals surface area contributed by atoms with Crippen LogP contribution in [0.2, 0.25) is 0 Å². The molecule has 21 heavy (non-hydrogen) atoms. The van der Waals surface area contributed by atoms with Crippen LogP contribution in [0.5, 0.6) is 0 Å². The van der Waals surface area contributed by atoms with Gasteiger partial charge in [0, 0.05) is 11.1 Å². The van der Waals surface area contributed by atoms with E-state index in [1.807, 2.05) is 34.6 Å². The molecular weight excluding hydrogens is 270 g/mol. The third-order valence-electron chi connectivity index (χ3n) is 4.15. The van der Waals surface area contributed by atoms with E-state index in [2.05, 4.69) is 10.6 Å². The summed E-state index contributed by atoms with van der Waals surface area (Å²) in [5.41, 5.74) is 4.49. The first-order valence-electron chi connectivity index (χ1n) is 7.79. The monoisotopic (exact) mass is 305 g/mol. The molecule has 0 spiro atoms. The van der Waals surface area contributed by atoms with Crippen LogP contribution in [-0.2, 0) is 0 Å². The highest BCUT2D eigenvalue weighted by Crippen LogP contribution is 2.21. The number of hydrogen-bond donors (Lipinski definition) is 6. The number of rotatable bonds is 11. The van der Waals surface area contributed by atoms with Crippen molar-refractivity contribution in [2.45, 2.75) is 76.7 Å². The fourth-order valence-electron chi connectivity index (χ4n) is 2.61. The van der Waals surface area contributed by atoms with Gasteiger partial charge in [-0.15, -0.1) is 0 Å². The average molecular weight is 305 g/mol. The first kappa shape index (κ1) is 20.8. The molecule has 6 heteroatoms. The Morgan fingerprint density at radius 2 is 1.57 bits per heavy atom. The van der Waals surface area contributed by atoms with Gasteiger partial charge < -0.3 is 21.1 Å². The molecule has 128 valence electrons. The lowest BCUT2D eigenvalue weighted by Crippen LogP contribution is -2.73. The highest BCUT2D eigenvalue weighted by molar-refractivity contribution is 5.02. The minimum Gasteiger partial charge on any atom is -0.394 e. The number of nitrogens with two attached hydrogens (primary N) is 1. The molecule has 0 radical (unpaired) electrons. The number of aliphatic hydroxyl groups is 3. The van der Waals surface area contributed by atoms with Gasteiger partial charge in [0.25, 0.3) is 0 Å². The van der Waals surface area contributed by atoms with Crippen molar-refractivity contribution in [3.05, 3.63) is 0 Å². The smallest absolute Gasteiger partial charge is 0.0762 e. The lowest BCUT2D eigenvalue weighted by Gasteiger charge is -2.46. The lowest BCUT2D eigenvalue weighted by molar-refractivity contribution is 0.0453. The van der Waals surface area contributed by atoms with E-state index >= 15 is 0 Å². The molecule has 0 amide bonds. The number of hydrogen-bond acceptors (Lipinski definition) is 6. The van der Waals surface area contributed by atoms with Crippen LogP contribution in [0.4, 0.5) is 0 Å². The van der Waals surface area contributed by atoms with E-state index in [4.69, 9.17) is 5.73 Å². The molecule has 7 N–H and O–H groups in total. The summed E-state index contributed by atoms with van der Waals surface area (Å²) >= 11 is 0. The van der Waals surface area contributed by atoms with E-state index in [0.29, 0.717) is 6.42 Å². The molecule has 0 aliphatic carbocycles. The molecule has 0 saturated heterocycles. The molecule has 0 aromatic rings. The van der Waals surface area contributed by atoms with Gasteiger partial charge >= 0.3 is 0 Å². The van der Waals surface area contributed by atoms with Gasteiger partial charge in [-0.1, -0.05) is 20.3 Å². The van der Waals surface area contributed by atoms with Crippen LogP contribution in [0.25, 0.3) is 0 Å². The van der Waals surface area contributed by atoms with Crippen LogP contribution in [0, 0.1) is 0 Å². The Morgan fingerprint density at radius 3 is 1.90 bits per heavy atom. The Kier molecular flexibility index (Phi) is 8.31. The van der Waals surface area contributed by atoms with Crippen molar-refractivity contribution < 1.29 is 15.3 Å². The van der Waals surface area contributed by atoms with Crippen LogP contribution < -0.4 is 16.4 Å². The van der Waals surface area contributed by atoms with Crippen LogP contribution in [0.15, 0.2) is 0 Å². The zero-order valence-electron chi connectivity index (χ0n) is 14.2. The molecule has 0 aromatic carbocycles. The maximum atomic E-state index is 9.88. The first-order chi connectivity index (χ1) is 9.64. The van der Waals surface area contributed by atoms with Gasteiger partial charge in [-0.05, 0) is 33.6 Å². The number of nitrogens with one attached hydrogen (secondary N) is 2. The van der Waals surface area contributed by atoms with E-state index in [0.717, 1.165) is 12.8 Å². The second kappa shape index (κ2) is 8.41. The van der Waals surface area contributed by atoms with Crippen LogP contribution >= 0.6 is 0 Å². The van der Waals surface area contributed by atoms with Crippen molar-refractivity contribution in [2.75, 3.05) is 19.8 Å². The van der Waals surface area contributed by atoms with Gasteiger partial charge in [-0.3, -0.25) is 10.6 Å². The van der Waals surface area contributed by atoms with Crippen molar-refractivity contribution in [1.29, 1.82) is 0 Å². The summed E-state index contributed by atoms with van der Waals surface area (Å²) in [5, 5.41) is 35.5. The fourth-order valence-corrected chi connectivity index (χ4v) is 2.61. The number of aliphatic hydroxyl groups excluding tert-OH is 3. The quantitative estimate of drug-likeness (QED) is 0.298. The molecule has 0 saturated carbocycles. The Balaban J connectivity index is 5.18. The first-order valence-corrected chi connectivity index (χ1v) is 7.79. The lowest BCUT2D eigenvalue weighted by atomic mass is 9.87. The maximum absolute atomic E-state index is 9.88. The molecule has 0 aliphatic heterocycles. The van der Waals surface area contributed by atoms with Gasteiger partial charge in [-0.2, -0.15) is 0 Å². The molecule has 0 aliphatic rings. The molecule has 3 atom stereocenters. The third kappa shape index (κ3) is 5.81. The Morgan fingerprint density at radius 1 is 1.00 bits per heavy atom. The largest absolute Gasteiger partial charge is 0.394 e. The second-order valence-corrected chi connectivity index (χ2v) is 6.93. The third-order valence-corrected chi connectivity index (χ3v) is 4.15. The minimum atomic E-state index is -0.767. The summed E-state index contributed by atoms with van der Waals surface area (Å²) in [5.74, 6) is 0. The zero-order chi connectivity index (χ0) is 16.7. The molecular formula is C15H35N3O3. The summed E-state index contributed by atoms with van der Waals surface area (Å²) in [6.07, 6.45) is 1.74. The van der Waals surface area contributed by atoms with E-state index in [1.165, 1.54) is 0 Å². The predicted molar refractivity (Wildman–Crippen MR) is 85.9 cm³/mol. The topological polar surface area (TPSA) is 111 Å². The molecule has 0 heterocycles. The van der Waals surface area contributed by atoms with E-state index in [-0.39, 0.29) is 19.8 Å². The zero-order valence-corrected chi connectivity index (χ0v) is 14.2. The van der Waals surface area contributed by atoms with Crippen LogP contribution in [0.3, 0.4) is 0 Å². The highest BCUT2D eigenvalue weighted by Gasteiger charge is 2.41. The van der Waals surface area contributed by atoms with Crippen LogP contribution in [-0.4, -0.2) is 57.9 Å². The Hall–Kier alpha value is -0.240. The van der Waals surface area contributed by atoms with E-state index < -0.39 is 22.8 Å². The van der Waals surface area contributed by atoms with Crippen LogP contribution in [0.1, 0.15) is 53.9 Å². The van der Waals surface area contributed by atoms with Gasteiger partial charge in [-0.25, -0.2) is 0 Å². The average Bonchev–Trinajstić information content (AvgIpc) is 2.45. The Bertz CT molecular complexity index is 296. The van der Waals surface area contributed by atoms with Gasteiger partial charge in [0.1, 0.15) is 0 Å². The standard InChI is InChI=1S/C15H35N3O3/c1-6-8-14(5,10-20)17-12(16)15(7-2,11-21)18-13(3,4)9-19/h12,17-21H,6-11,16H2,1-5H3. The molecule has 0 fully saturated rings. The van der Waals surface area contributed by atoms with Crippen molar-refractivity contribution in [3.63, 3.8) is 0 Å². The van der Waals surface area contributed by atoms with Gasteiger partial charge in [0.2, 0.25) is 0 Å². The van der Waals surface area contributed by atoms with Gasteiger partial charge in [0.15, 0.2) is 0 Å². The summed E-state index contributed by atoms with van der Waals surface area (Å²) < 4.78 is 0. The van der Waals surface area contributed by atoms with Crippen molar-refractivity contribution >= 4 is 0 Å². The van der Waals surface area contributed by atoms with Crippen molar-refractivity contribution in [2.24, 2.45) is 5.73 Å². The molecule has 0 rings (SSSR count). The van der Waals surface area contributed by atoms with Gasteiger partial charge in [0.05, 0.1) is 31.5 Å². The van der Waals surface area contributed by atoms with E-state index in [9.17, 15) is 15.3 Å². The van der Waals surface area contributed by atoms with E-state index in [1.54, 1.807) is 0 Å².